The SMILES string of the molecule is CCC1(F)CCN(Cc2cnc(OC)nc2)C1. The molecular formula is C12H18FN3O. The second kappa shape index (κ2) is 4.96. The minimum Gasteiger partial charge on any atom is -0.467 e. The van der Waals surface area contributed by atoms with Gasteiger partial charge in [-0.1, -0.05) is 6.92 Å². The van der Waals surface area contributed by atoms with Crippen molar-refractivity contribution in [1.82, 2.24) is 14.9 Å². The zero-order chi connectivity index (χ0) is 12.3. The zero-order valence-corrected chi connectivity index (χ0v) is 10.3. The molecule has 94 valence electrons. The fourth-order valence-corrected chi connectivity index (χ4v) is 2.13. The molecule has 0 bridgehead atoms. The maximum atomic E-state index is 14.0. The highest BCUT2D eigenvalue weighted by Gasteiger charge is 2.36. The van der Waals surface area contributed by atoms with Crippen molar-refractivity contribution in [2.24, 2.45) is 0 Å². The molecule has 1 aliphatic rings. The summed E-state index contributed by atoms with van der Waals surface area (Å²) in [5, 5.41) is 0. The third-order valence-corrected chi connectivity index (χ3v) is 3.29. The number of rotatable bonds is 4. The van der Waals surface area contributed by atoms with Crippen LogP contribution in [0.15, 0.2) is 12.4 Å². The molecule has 17 heavy (non-hydrogen) atoms. The number of methoxy groups -OCH3 is 1. The van der Waals surface area contributed by atoms with Crippen LogP contribution in [0, 0.1) is 0 Å². The summed E-state index contributed by atoms with van der Waals surface area (Å²) in [5.41, 5.74) is -0.0148. The van der Waals surface area contributed by atoms with E-state index in [2.05, 4.69) is 14.9 Å². The summed E-state index contributed by atoms with van der Waals surface area (Å²) < 4.78 is 18.9. The Morgan fingerprint density at radius 1 is 1.47 bits per heavy atom. The monoisotopic (exact) mass is 239 g/mol. The van der Waals surface area contributed by atoms with Crippen molar-refractivity contribution in [3.05, 3.63) is 18.0 Å². The Bertz CT molecular complexity index is 371. The van der Waals surface area contributed by atoms with Gasteiger partial charge in [0.05, 0.1) is 7.11 Å². The van der Waals surface area contributed by atoms with Gasteiger partial charge in [-0.15, -0.1) is 0 Å². The number of likely N-dealkylation sites (tertiary alicyclic amines) is 1. The lowest BCUT2D eigenvalue weighted by Gasteiger charge is -2.19. The Hall–Kier alpha value is -1.23. The number of halogens is 1. The summed E-state index contributed by atoms with van der Waals surface area (Å²) in [4.78, 5) is 10.2. The van der Waals surface area contributed by atoms with Gasteiger partial charge < -0.3 is 4.74 Å². The molecule has 1 fully saturated rings. The van der Waals surface area contributed by atoms with Crippen LogP contribution < -0.4 is 4.74 Å². The number of ether oxygens (including phenoxy) is 1. The van der Waals surface area contributed by atoms with Gasteiger partial charge >= 0.3 is 6.01 Å². The van der Waals surface area contributed by atoms with Gasteiger partial charge in [-0.05, 0) is 12.8 Å². The standard InChI is InChI=1S/C12H18FN3O/c1-3-12(13)4-5-16(9-12)8-10-6-14-11(17-2)15-7-10/h6-7H,3-5,8-9H2,1-2H3. The van der Waals surface area contributed by atoms with Crippen LogP contribution in [0.5, 0.6) is 6.01 Å². The third-order valence-electron chi connectivity index (χ3n) is 3.29. The first-order valence-corrected chi connectivity index (χ1v) is 5.91. The lowest BCUT2D eigenvalue weighted by atomic mass is 10.0. The fraction of sp³-hybridized carbons (Fsp3) is 0.667. The van der Waals surface area contributed by atoms with E-state index in [1.807, 2.05) is 6.92 Å². The molecule has 2 heterocycles. The van der Waals surface area contributed by atoms with Gasteiger partial charge in [0.2, 0.25) is 0 Å². The number of hydrogen-bond acceptors (Lipinski definition) is 4. The average molecular weight is 239 g/mol. The first-order chi connectivity index (χ1) is 8.15. The van der Waals surface area contributed by atoms with Crippen molar-refractivity contribution in [3.8, 4) is 6.01 Å². The normalized spacial score (nSPS) is 25.1. The molecule has 1 aromatic rings. The van der Waals surface area contributed by atoms with E-state index >= 15 is 0 Å². The predicted molar refractivity (Wildman–Crippen MR) is 62.6 cm³/mol. The van der Waals surface area contributed by atoms with Gasteiger partial charge in [0.15, 0.2) is 0 Å². The van der Waals surface area contributed by atoms with E-state index in [1.54, 1.807) is 12.4 Å². The second-order valence-corrected chi connectivity index (χ2v) is 4.54. The molecule has 0 spiro atoms. The summed E-state index contributed by atoms with van der Waals surface area (Å²) in [7, 11) is 1.54. The Morgan fingerprint density at radius 2 is 2.18 bits per heavy atom. The topological polar surface area (TPSA) is 38.2 Å². The van der Waals surface area contributed by atoms with Crippen molar-refractivity contribution in [1.29, 1.82) is 0 Å². The quantitative estimate of drug-likeness (QED) is 0.803. The number of aromatic nitrogens is 2. The van der Waals surface area contributed by atoms with Gasteiger partial charge in [0.1, 0.15) is 5.67 Å². The summed E-state index contributed by atoms with van der Waals surface area (Å²) in [6.45, 7) is 3.92. The Morgan fingerprint density at radius 3 is 2.71 bits per heavy atom. The van der Waals surface area contributed by atoms with Crippen LogP contribution in [0.4, 0.5) is 4.39 Å². The van der Waals surface area contributed by atoms with E-state index in [1.165, 1.54) is 7.11 Å². The number of alkyl halides is 1. The van der Waals surface area contributed by atoms with Crippen LogP contribution in [-0.4, -0.2) is 40.7 Å². The molecule has 0 aliphatic carbocycles. The van der Waals surface area contributed by atoms with E-state index in [-0.39, 0.29) is 0 Å². The summed E-state index contributed by atoms with van der Waals surface area (Å²) in [6, 6.07) is 0.364. The number of nitrogens with zero attached hydrogens (tertiary/aromatic N) is 3. The molecule has 1 aliphatic heterocycles. The Kier molecular flexibility index (Phi) is 3.57. The highest BCUT2D eigenvalue weighted by molar-refractivity contribution is 5.08. The van der Waals surface area contributed by atoms with Crippen molar-refractivity contribution < 1.29 is 9.13 Å². The Balaban J connectivity index is 1.93. The van der Waals surface area contributed by atoms with Gasteiger partial charge in [0, 0.05) is 37.6 Å². The van der Waals surface area contributed by atoms with Crippen molar-refractivity contribution >= 4 is 0 Å². The van der Waals surface area contributed by atoms with E-state index < -0.39 is 5.67 Å². The van der Waals surface area contributed by atoms with Gasteiger partial charge in [0.25, 0.3) is 0 Å². The summed E-state index contributed by atoms with van der Waals surface area (Å²) in [6.07, 6.45) is 4.68. The van der Waals surface area contributed by atoms with Crippen LogP contribution in [-0.2, 0) is 6.54 Å². The Labute approximate surface area is 101 Å². The first kappa shape index (κ1) is 12.2. The maximum Gasteiger partial charge on any atom is 0.316 e. The van der Waals surface area contributed by atoms with E-state index in [0.29, 0.717) is 31.9 Å². The molecule has 2 rings (SSSR count). The van der Waals surface area contributed by atoms with E-state index in [9.17, 15) is 4.39 Å². The molecule has 1 aromatic heterocycles. The van der Waals surface area contributed by atoms with Crippen LogP contribution >= 0.6 is 0 Å². The van der Waals surface area contributed by atoms with E-state index in [4.69, 9.17) is 4.74 Å². The van der Waals surface area contributed by atoms with Gasteiger partial charge in [-0.2, -0.15) is 0 Å². The highest BCUT2D eigenvalue weighted by Crippen LogP contribution is 2.29. The molecule has 5 heteroatoms. The molecular weight excluding hydrogens is 221 g/mol. The molecule has 0 radical (unpaired) electrons. The summed E-state index contributed by atoms with van der Waals surface area (Å²) >= 11 is 0. The first-order valence-electron chi connectivity index (χ1n) is 5.91. The molecule has 0 aromatic carbocycles. The molecule has 0 N–H and O–H groups in total. The third kappa shape index (κ3) is 2.91. The number of hydrogen-bond donors (Lipinski definition) is 0. The second-order valence-electron chi connectivity index (χ2n) is 4.54. The van der Waals surface area contributed by atoms with E-state index in [0.717, 1.165) is 12.1 Å². The molecule has 1 atom stereocenters. The minimum atomic E-state index is -1.01. The lowest BCUT2D eigenvalue weighted by Crippen LogP contribution is -2.28. The van der Waals surface area contributed by atoms with Crippen LogP contribution in [0.3, 0.4) is 0 Å². The van der Waals surface area contributed by atoms with Crippen molar-refractivity contribution in [2.75, 3.05) is 20.2 Å². The lowest BCUT2D eigenvalue weighted by molar-refractivity contribution is 0.158. The largest absolute Gasteiger partial charge is 0.467 e. The van der Waals surface area contributed by atoms with Crippen molar-refractivity contribution in [2.45, 2.75) is 32.0 Å². The fourth-order valence-electron chi connectivity index (χ4n) is 2.13. The van der Waals surface area contributed by atoms with Crippen LogP contribution in [0.2, 0.25) is 0 Å². The van der Waals surface area contributed by atoms with Crippen LogP contribution in [0.25, 0.3) is 0 Å². The van der Waals surface area contributed by atoms with Crippen molar-refractivity contribution in [3.63, 3.8) is 0 Å². The predicted octanol–water partition coefficient (Wildman–Crippen LogP) is 1.81. The van der Waals surface area contributed by atoms with Crippen LogP contribution in [0.1, 0.15) is 25.3 Å². The maximum absolute atomic E-state index is 14.0. The molecule has 1 saturated heterocycles. The molecule has 0 amide bonds. The average Bonchev–Trinajstić information content (AvgIpc) is 2.73. The minimum absolute atomic E-state index is 0.364. The summed E-state index contributed by atoms with van der Waals surface area (Å²) in [5.74, 6) is 0. The molecule has 4 nitrogen and oxygen atoms in total. The van der Waals surface area contributed by atoms with Gasteiger partial charge in [-0.25, -0.2) is 14.4 Å². The van der Waals surface area contributed by atoms with Gasteiger partial charge in [-0.3, -0.25) is 4.90 Å². The molecule has 1 unspecified atom stereocenters. The zero-order valence-electron chi connectivity index (χ0n) is 10.3. The highest BCUT2D eigenvalue weighted by atomic mass is 19.1. The molecule has 0 saturated carbocycles. The smallest absolute Gasteiger partial charge is 0.316 e.